The van der Waals surface area contributed by atoms with E-state index in [4.69, 9.17) is 13.6 Å². The predicted octanol–water partition coefficient (Wildman–Crippen LogP) is 2.89. The number of oxazole rings is 1. The second kappa shape index (κ2) is 5.14. The highest BCUT2D eigenvalue weighted by Crippen LogP contribution is 2.24. The van der Waals surface area contributed by atoms with Crippen molar-refractivity contribution in [1.82, 2.24) is 15.2 Å². The molecular weight excluding hydrogens is 270 g/mol. The van der Waals surface area contributed by atoms with Crippen LogP contribution in [0.3, 0.4) is 0 Å². The van der Waals surface area contributed by atoms with E-state index >= 15 is 0 Å². The molecule has 0 spiro atoms. The zero-order valence-corrected chi connectivity index (χ0v) is 11.2. The Morgan fingerprint density at radius 2 is 1.95 bits per heavy atom. The van der Waals surface area contributed by atoms with Crippen molar-refractivity contribution in [2.75, 3.05) is 13.2 Å². The molecule has 1 unspecified atom stereocenters. The molecule has 0 saturated carbocycles. The van der Waals surface area contributed by atoms with E-state index in [9.17, 15) is 0 Å². The summed E-state index contributed by atoms with van der Waals surface area (Å²) in [5.74, 6) is 1.80. The Morgan fingerprint density at radius 3 is 2.81 bits per heavy atom. The van der Waals surface area contributed by atoms with Crippen molar-refractivity contribution in [2.24, 2.45) is 0 Å². The molecule has 6 heteroatoms. The van der Waals surface area contributed by atoms with E-state index in [-0.39, 0.29) is 5.92 Å². The maximum absolute atomic E-state index is 5.60. The number of para-hydroxylation sites is 2. The smallest absolute Gasteiger partial charge is 0.240 e. The monoisotopic (exact) mass is 283 g/mol. The molecule has 1 aromatic carbocycles. The topological polar surface area (TPSA) is 74.2 Å². The average Bonchev–Trinajstić information content (AvgIpc) is 3.23. The quantitative estimate of drug-likeness (QED) is 0.735. The predicted molar refractivity (Wildman–Crippen MR) is 75.4 cm³/mol. The lowest BCUT2D eigenvalue weighted by Crippen LogP contribution is -1.97. The van der Waals surface area contributed by atoms with Crippen LogP contribution in [0.25, 0.3) is 23.3 Å². The van der Waals surface area contributed by atoms with Gasteiger partial charge in [-0.1, -0.05) is 12.1 Å². The average molecular weight is 283 g/mol. The van der Waals surface area contributed by atoms with Crippen LogP contribution >= 0.6 is 0 Å². The van der Waals surface area contributed by atoms with Crippen LogP contribution < -0.4 is 0 Å². The number of fused-ring (bicyclic) bond motifs is 1. The normalized spacial score (nSPS) is 19.0. The third kappa shape index (κ3) is 2.45. The first-order valence-electron chi connectivity index (χ1n) is 6.83. The molecule has 106 valence electrons. The van der Waals surface area contributed by atoms with Gasteiger partial charge in [-0.15, -0.1) is 10.2 Å². The number of benzene rings is 1. The Labute approximate surface area is 120 Å². The summed E-state index contributed by atoms with van der Waals surface area (Å²) in [6.45, 7) is 1.40. The molecule has 0 radical (unpaired) electrons. The molecule has 4 rings (SSSR count). The minimum Gasteiger partial charge on any atom is -0.437 e. The fraction of sp³-hybridized carbons (Fsp3) is 0.267. The molecule has 0 bridgehead atoms. The van der Waals surface area contributed by atoms with E-state index in [0.29, 0.717) is 24.3 Å². The summed E-state index contributed by atoms with van der Waals surface area (Å²) in [5.41, 5.74) is 1.58. The minimum atomic E-state index is 0.212. The second-order valence-electron chi connectivity index (χ2n) is 4.89. The van der Waals surface area contributed by atoms with Gasteiger partial charge in [-0.2, -0.15) is 0 Å². The summed E-state index contributed by atoms with van der Waals surface area (Å²) in [5, 5.41) is 8.06. The Hall–Kier alpha value is -2.47. The maximum atomic E-state index is 5.60. The minimum absolute atomic E-state index is 0.212. The lowest BCUT2D eigenvalue weighted by atomic mass is 10.1. The van der Waals surface area contributed by atoms with Gasteiger partial charge < -0.3 is 13.6 Å². The summed E-state index contributed by atoms with van der Waals surface area (Å²) < 4.78 is 16.5. The van der Waals surface area contributed by atoms with E-state index in [1.165, 1.54) is 0 Å². The van der Waals surface area contributed by atoms with Crippen LogP contribution in [0.1, 0.15) is 30.0 Å². The Bertz CT molecular complexity index is 751. The first-order valence-corrected chi connectivity index (χ1v) is 6.83. The molecular formula is C15H13N3O3. The van der Waals surface area contributed by atoms with Crippen molar-refractivity contribution in [1.29, 1.82) is 0 Å². The molecule has 3 heterocycles. The van der Waals surface area contributed by atoms with Crippen molar-refractivity contribution >= 4 is 23.3 Å². The van der Waals surface area contributed by atoms with Gasteiger partial charge in [-0.25, -0.2) is 4.98 Å². The van der Waals surface area contributed by atoms with E-state index in [2.05, 4.69) is 15.2 Å². The number of ether oxygens (including phenoxy) is 1. The van der Waals surface area contributed by atoms with Crippen LogP contribution in [0.15, 0.2) is 33.1 Å². The highest BCUT2D eigenvalue weighted by Gasteiger charge is 2.23. The van der Waals surface area contributed by atoms with Crippen LogP contribution in [-0.4, -0.2) is 28.4 Å². The molecule has 1 fully saturated rings. The number of hydrogen-bond acceptors (Lipinski definition) is 6. The molecule has 0 N–H and O–H groups in total. The Morgan fingerprint density at radius 1 is 1.05 bits per heavy atom. The van der Waals surface area contributed by atoms with Gasteiger partial charge in [0.25, 0.3) is 0 Å². The lowest BCUT2D eigenvalue weighted by molar-refractivity contribution is 0.190. The van der Waals surface area contributed by atoms with Gasteiger partial charge in [0.05, 0.1) is 12.5 Å². The molecule has 21 heavy (non-hydrogen) atoms. The first kappa shape index (κ1) is 12.3. The van der Waals surface area contributed by atoms with Gasteiger partial charge in [0.2, 0.25) is 17.7 Å². The van der Waals surface area contributed by atoms with Crippen molar-refractivity contribution < 1.29 is 13.6 Å². The van der Waals surface area contributed by atoms with E-state index in [1.54, 1.807) is 12.2 Å². The van der Waals surface area contributed by atoms with Gasteiger partial charge >= 0.3 is 0 Å². The molecule has 2 aromatic heterocycles. The number of aromatic nitrogens is 3. The van der Waals surface area contributed by atoms with Gasteiger partial charge in [0.15, 0.2) is 5.58 Å². The molecule has 1 atom stereocenters. The first-order chi connectivity index (χ1) is 10.4. The highest BCUT2D eigenvalue weighted by molar-refractivity contribution is 5.75. The van der Waals surface area contributed by atoms with Gasteiger partial charge in [0.1, 0.15) is 5.52 Å². The van der Waals surface area contributed by atoms with Crippen LogP contribution in [0, 0.1) is 0 Å². The number of rotatable bonds is 3. The summed E-state index contributed by atoms with van der Waals surface area (Å²) in [4.78, 5) is 4.35. The SMILES string of the molecule is C(=C\c1nc2ccccc2o1)/c1nnc(C2CCOC2)o1. The van der Waals surface area contributed by atoms with Gasteiger partial charge in [-0.3, -0.25) is 0 Å². The molecule has 1 saturated heterocycles. The Balaban J connectivity index is 1.54. The molecule has 1 aliphatic heterocycles. The van der Waals surface area contributed by atoms with Crippen LogP contribution in [0.4, 0.5) is 0 Å². The highest BCUT2D eigenvalue weighted by atomic mass is 16.5. The van der Waals surface area contributed by atoms with E-state index < -0.39 is 0 Å². The van der Waals surface area contributed by atoms with E-state index in [1.807, 2.05) is 24.3 Å². The second-order valence-corrected chi connectivity index (χ2v) is 4.89. The third-order valence-corrected chi connectivity index (χ3v) is 3.41. The molecule has 1 aliphatic rings. The van der Waals surface area contributed by atoms with Crippen LogP contribution in [-0.2, 0) is 4.74 Å². The maximum Gasteiger partial charge on any atom is 0.240 e. The standard InChI is InChI=1S/C15H13N3O3/c1-2-4-12-11(3-1)16-13(20-12)5-6-14-17-18-15(21-14)10-7-8-19-9-10/h1-6,10H,7-9H2/b6-5+. The molecule has 0 amide bonds. The largest absolute Gasteiger partial charge is 0.437 e. The number of nitrogens with zero attached hydrogens (tertiary/aromatic N) is 3. The summed E-state index contributed by atoms with van der Waals surface area (Å²) in [6.07, 6.45) is 4.36. The van der Waals surface area contributed by atoms with Crippen LogP contribution in [0.2, 0.25) is 0 Å². The van der Waals surface area contributed by atoms with Crippen molar-refractivity contribution in [3.63, 3.8) is 0 Å². The van der Waals surface area contributed by atoms with Gasteiger partial charge in [0, 0.05) is 18.8 Å². The molecule has 0 aliphatic carbocycles. The van der Waals surface area contributed by atoms with Crippen molar-refractivity contribution in [3.05, 3.63) is 41.9 Å². The fourth-order valence-corrected chi connectivity index (χ4v) is 2.31. The third-order valence-electron chi connectivity index (χ3n) is 3.41. The molecule has 6 nitrogen and oxygen atoms in total. The lowest BCUT2D eigenvalue weighted by Gasteiger charge is -1.97. The Kier molecular flexibility index (Phi) is 3.01. The van der Waals surface area contributed by atoms with Crippen molar-refractivity contribution in [2.45, 2.75) is 12.3 Å². The van der Waals surface area contributed by atoms with E-state index in [0.717, 1.165) is 24.1 Å². The van der Waals surface area contributed by atoms with Crippen LogP contribution in [0.5, 0.6) is 0 Å². The summed E-state index contributed by atoms with van der Waals surface area (Å²) in [6, 6.07) is 7.62. The summed E-state index contributed by atoms with van der Waals surface area (Å²) in [7, 11) is 0. The van der Waals surface area contributed by atoms with Gasteiger partial charge in [-0.05, 0) is 18.6 Å². The fourth-order valence-electron chi connectivity index (χ4n) is 2.31. The zero-order chi connectivity index (χ0) is 14.1. The summed E-state index contributed by atoms with van der Waals surface area (Å²) >= 11 is 0. The number of hydrogen-bond donors (Lipinski definition) is 0. The molecule has 3 aromatic rings. The van der Waals surface area contributed by atoms with Crippen molar-refractivity contribution in [3.8, 4) is 0 Å². The zero-order valence-electron chi connectivity index (χ0n) is 11.2.